The Morgan fingerprint density at radius 3 is 2.62 bits per heavy atom. The van der Waals surface area contributed by atoms with Crippen molar-refractivity contribution in [2.45, 2.75) is 64.0 Å². The number of piperidine rings is 1. The summed E-state index contributed by atoms with van der Waals surface area (Å²) >= 11 is 0. The van der Waals surface area contributed by atoms with Crippen molar-refractivity contribution in [3.8, 4) is 0 Å². The number of amides is 1. The minimum Gasteiger partial charge on any atom is -0.336 e. The SMILES string of the molecule is CC(C)(C)n1nc(C(=O)N2CCCC(N)C2)cc1C1CC1. The van der Waals surface area contributed by atoms with Crippen molar-refractivity contribution in [3.63, 3.8) is 0 Å². The second-order valence-electron chi connectivity index (χ2n) is 7.46. The van der Waals surface area contributed by atoms with Crippen LogP contribution in [-0.2, 0) is 5.54 Å². The third-order valence-corrected chi connectivity index (χ3v) is 4.33. The van der Waals surface area contributed by atoms with Gasteiger partial charge in [-0.05, 0) is 52.5 Å². The normalized spacial score (nSPS) is 23.4. The van der Waals surface area contributed by atoms with Crippen molar-refractivity contribution < 1.29 is 4.79 Å². The first-order chi connectivity index (χ1) is 9.86. The summed E-state index contributed by atoms with van der Waals surface area (Å²) in [6, 6.07) is 2.11. The van der Waals surface area contributed by atoms with Crippen LogP contribution < -0.4 is 5.73 Å². The predicted molar refractivity (Wildman–Crippen MR) is 82.3 cm³/mol. The monoisotopic (exact) mass is 290 g/mol. The molecule has 0 spiro atoms. The first-order valence-electron chi connectivity index (χ1n) is 8.01. The maximum absolute atomic E-state index is 12.7. The smallest absolute Gasteiger partial charge is 0.274 e. The zero-order valence-corrected chi connectivity index (χ0v) is 13.3. The van der Waals surface area contributed by atoms with Crippen molar-refractivity contribution in [2.24, 2.45) is 5.73 Å². The first-order valence-corrected chi connectivity index (χ1v) is 8.01. The molecule has 1 saturated carbocycles. The van der Waals surface area contributed by atoms with Gasteiger partial charge in [0.2, 0.25) is 0 Å². The average molecular weight is 290 g/mol. The number of hydrogen-bond donors (Lipinski definition) is 1. The molecule has 0 aromatic carbocycles. The molecule has 1 amide bonds. The molecule has 0 bridgehead atoms. The van der Waals surface area contributed by atoms with E-state index in [4.69, 9.17) is 5.73 Å². The summed E-state index contributed by atoms with van der Waals surface area (Å²) in [5, 5.41) is 4.63. The number of rotatable bonds is 2. The molecular formula is C16H26N4O. The van der Waals surface area contributed by atoms with Gasteiger partial charge in [-0.15, -0.1) is 0 Å². The number of aromatic nitrogens is 2. The predicted octanol–water partition coefficient (Wildman–Crippen LogP) is 2.08. The van der Waals surface area contributed by atoms with Crippen LogP contribution in [-0.4, -0.2) is 39.7 Å². The van der Waals surface area contributed by atoms with Crippen LogP contribution in [0.1, 0.15) is 68.6 Å². The van der Waals surface area contributed by atoms with E-state index in [1.165, 1.54) is 18.5 Å². The molecule has 116 valence electrons. The second-order valence-corrected chi connectivity index (χ2v) is 7.46. The van der Waals surface area contributed by atoms with E-state index in [-0.39, 0.29) is 17.5 Å². The molecule has 2 heterocycles. The fourth-order valence-corrected chi connectivity index (χ4v) is 3.06. The van der Waals surface area contributed by atoms with E-state index in [0.29, 0.717) is 18.2 Å². The second kappa shape index (κ2) is 5.13. The van der Waals surface area contributed by atoms with E-state index < -0.39 is 0 Å². The fraction of sp³-hybridized carbons (Fsp3) is 0.750. The maximum atomic E-state index is 12.7. The van der Waals surface area contributed by atoms with Gasteiger partial charge >= 0.3 is 0 Å². The Hall–Kier alpha value is -1.36. The fourth-order valence-electron chi connectivity index (χ4n) is 3.06. The van der Waals surface area contributed by atoms with Gasteiger partial charge in [-0.3, -0.25) is 9.48 Å². The highest BCUT2D eigenvalue weighted by atomic mass is 16.2. The lowest BCUT2D eigenvalue weighted by Crippen LogP contribution is -2.45. The summed E-state index contributed by atoms with van der Waals surface area (Å²) in [5.74, 6) is 0.622. The Labute approximate surface area is 126 Å². The highest BCUT2D eigenvalue weighted by Gasteiger charge is 2.33. The molecule has 21 heavy (non-hydrogen) atoms. The molecule has 1 aromatic heterocycles. The molecule has 3 rings (SSSR count). The Bertz CT molecular complexity index is 539. The average Bonchev–Trinajstić information content (AvgIpc) is 3.15. The van der Waals surface area contributed by atoms with E-state index in [9.17, 15) is 4.79 Å². The lowest BCUT2D eigenvalue weighted by molar-refractivity contribution is 0.0701. The maximum Gasteiger partial charge on any atom is 0.274 e. The molecule has 0 radical (unpaired) electrons. The Morgan fingerprint density at radius 1 is 1.33 bits per heavy atom. The summed E-state index contributed by atoms with van der Waals surface area (Å²) in [6.07, 6.45) is 4.42. The molecule has 2 aliphatic rings. The summed E-state index contributed by atoms with van der Waals surface area (Å²) in [4.78, 5) is 14.5. The number of nitrogens with two attached hydrogens (primary N) is 1. The molecule has 2 fully saturated rings. The zero-order chi connectivity index (χ0) is 15.2. The van der Waals surface area contributed by atoms with Crippen molar-refractivity contribution in [1.29, 1.82) is 0 Å². The van der Waals surface area contributed by atoms with Gasteiger partial charge in [0.15, 0.2) is 5.69 Å². The van der Waals surface area contributed by atoms with E-state index in [0.717, 1.165) is 19.4 Å². The topological polar surface area (TPSA) is 64.2 Å². The first kappa shape index (κ1) is 14.6. The van der Waals surface area contributed by atoms with Crippen molar-refractivity contribution in [1.82, 2.24) is 14.7 Å². The van der Waals surface area contributed by atoms with Crippen LogP contribution in [0.25, 0.3) is 0 Å². The lowest BCUT2D eigenvalue weighted by atomic mass is 10.1. The minimum atomic E-state index is -0.0885. The van der Waals surface area contributed by atoms with Crippen LogP contribution in [0.3, 0.4) is 0 Å². The Balaban J connectivity index is 1.86. The van der Waals surface area contributed by atoms with Gasteiger partial charge in [0.05, 0.1) is 5.54 Å². The number of nitrogens with zero attached hydrogens (tertiary/aromatic N) is 3. The Kier molecular flexibility index (Phi) is 3.56. The summed E-state index contributed by atoms with van der Waals surface area (Å²) < 4.78 is 2.04. The van der Waals surface area contributed by atoms with E-state index in [2.05, 4.69) is 25.9 Å². The van der Waals surface area contributed by atoms with Crippen LogP contribution >= 0.6 is 0 Å². The molecule has 1 atom stereocenters. The quantitative estimate of drug-likeness (QED) is 0.907. The zero-order valence-electron chi connectivity index (χ0n) is 13.3. The molecule has 1 aromatic rings. The molecule has 5 heteroatoms. The van der Waals surface area contributed by atoms with Gasteiger partial charge in [-0.25, -0.2) is 0 Å². The number of carbonyl (C=O) groups excluding carboxylic acids is 1. The van der Waals surface area contributed by atoms with Crippen molar-refractivity contribution in [3.05, 3.63) is 17.5 Å². The minimum absolute atomic E-state index is 0.0371. The largest absolute Gasteiger partial charge is 0.336 e. The van der Waals surface area contributed by atoms with Gasteiger partial charge in [0, 0.05) is 30.7 Å². The standard InChI is InChI=1S/C16H26N4O/c1-16(2,3)20-14(11-6-7-11)9-13(18-20)15(21)19-8-4-5-12(17)10-19/h9,11-12H,4-8,10,17H2,1-3H3. The summed E-state index contributed by atoms with van der Waals surface area (Å²) in [7, 11) is 0. The number of carbonyl (C=O) groups is 1. The molecular weight excluding hydrogens is 264 g/mol. The van der Waals surface area contributed by atoms with Crippen LogP contribution in [0.5, 0.6) is 0 Å². The molecule has 5 nitrogen and oxygen atoms in total. The number of likely N-dealkylation sites (tertiary alicyclic amines) is 1. The van der Waals surface area contributed by atoms with Gasteiger partial charge in [-0.1, -0.05) is 0 Å². The molecule has 1 saturated heterocycles. The highest BCUT2D eigenvalue weighted by Crippen LogP contribution is 2.41. The van der Waals surface area contributed by atoms with Gasteiger partial charge < -0.3 is 10.6 Å². The van der Waals surface area contributed by atoms with Crippen molar-refractivity contribution >= 4 is 5.91 Å². The molecule has 1 unspecified atom stereocenters. The third kappa shape index (κ3) is 2.98. The van der Waals surface area contributed by atoms with Gasteiger partial charge in [0.1, 0.15) is 0 Å². The van der Waals surface area contributed by atoms with Gasteiger partial charge in [0.25, 0.3) is 5.91 Å². The Morgan fingerprint density at radius 2 is 2.05 bits per heavy atom. The van der Waals surface area contributed by atoms with Crippen LogP contribution in [0, 0.1) is 0 Å². The lowest BCUT2D eigenvalue weighted by Gasteiger charge is -2.30. The molecule has 1 aliphatic heterocycles. The van der Waals surface area contributed by atoms with E-state index >= 15 is 0 Å². The van der Waals surface area contributed by atoms with Gasteiger partial charge in [-0.2, -0.15) is 5.10 Å². The van der Waals surface area contributed by atoms with Crippen LogP contribution in [0.2, 0.25) is 0 Å². The molecule has 1 aliphatic carbocycles. The summed E-state index contributed by atoms with van der Waals surface area (Å²) in [5.41, 5.74) is 7.69. The van der Waals surface area contributed by atoms with Crippen LogP contribution in [0.15, 0.2) is 6.07 Å². The van der Waals surface area contributed by atoms with E-state index in [1.54, 1.807) is 0 Å². The van der Waals surface area contributed by atoms with Crippen LogP contribution in [0.4, 0.5) is 0 Å². The van der Waals surface area contributed by atoms with Crippen molar-refractivity contribution in [2.75, 3.05) is 13.1 Å². The molecule has 2 N–H and O–H groups in total. The summed E-state index contributed by atoms with van der Waals surface area (Å²) in [6.45, 7) is 7.86. The third-order valence-electron chi connectivity index (χ3n) is 4.33. The number of hydrogen-bond acceptors (Lipinski definition) is 3. The van der Waals surface area contributed by atoms with E-state index in [1.807, 2.05) is 15.6 Å². The highest BCUT2D eigenvalue weighted by molar-refractivity contribution is 5.92.